The molecule has 0 spiro atoms. The summed E-state index contributed by atoms with van der Waals surface area (Å²) in [6.07, 6.45) is 14.3. The number of likely N-dealkylation sites (tertiary alicyclic amines) is 1. The Labute approximate surface area is 131 Å². The van der Waals surface area contributed by atoms with Crippen molar-refractivity contribution in [2.45, 2.75) is 69.7 Å². The van der Waals surface area contributed by atoms with Crippen molar-refractivity contribution in [1.29, 1.82) is 0 Å². The molecule has 0 aromatic rings. The van der Waals surface area contributed by atoms with E-state index in [1.54, 1.807) is 0 Å². The molecule has 0 amide bonds. The second-order valence-corrected chi connectivity index (χ2v) is 7.68. The van der Waals surface area contributed by atoms with Gasteiger partial charge in [-0.15, -0.1) is 0 Å². The Morgan fingerprint density at radius 3 is 2.43 bits per heavy atom. The van der Waals surface area contributed by atoms with Crippen LogP contribution in [-0.4, -0.2) is 49.7 Å². The van der Waals surface area contributed by atoms with Crippen LogP contribution in [0.15, 0.2) is 0 Å². The molecule has 1 atom stereocenters. The zero-order valence-electron chi connectivity index (χ0n) is 13.8. The first kappa shape index (κ1) is 15.8. The van der Waals surface area contributed by atoms with E-state index in [1.807, 2.05) is 0 Å². The Morgan fingerprint density at radius 1 is 0.952 bits per heavy atom. The lowest BCUT2D eigenvalue weighted by Crippen LogP contribution is -2.58. The molecule has 2 saturated heterocycles. The van der Waals surface area contributed by atoms with Gasteiger partial charge in [-0.3, -0.25) is 4.90 Å². The summed E-state index contributed by atoms with van der Waals surface area (Å²) in [6, 6.07) is 0. The van der Waals surface area contributed by atoms with Gasteiger partial charge in [0.1, 0.15) is 0 Å². The van der Waals surface area contributed by atoms with Gasteiger partial charge in [-0.05, 0) is 77.2 Å². The van der Waals surface area contributed by atoms with E-state index < -0.39 is 0 Å². The summed E-state index contributed by atoms with van der Waals surface area (Å²) < 4.78 is 0. The highest BCUT2D eigenvalue weighted by molar-refractivity contribution is 4.96. The van der Waals surface area contributed by atoms with E-state index in [2.05, 4.69) is 15.5 Å². The molecule has 3 aliphatic rings. The maximum absolute atomic E-state index is 3.88. The van der Waals surface area contributed by atoms with Crippen LogP contribution in [0.5, 0.6) is 0 Å². The third-order valence-electron chi connectivity index (χ3n) is 6.10. The third kappa shape index (κ3) is 4.20. The van der Waals surface area contributed by atoms with Gasteiger partial charge in [0, 0.05) is 12.1 Å². The fourth-order valence-electron chi connectivity index (χ4n) is 4.79. The van der Waals surface area contributed by atoms with Crippen LogP contribution in [0.2, 0.25) is 0 Å². The zero-order valence-corrected chi connectivity index (χ0v) is 13.8. The topological polar surface area (TPSA) is 27.3 Å². The molecule has 1 unspecified atom stereocenters. The van der Waals surface area contributed by atoms with Crippen molar-refractivity contribution in [3.05, 3.63) is 0 Å². The highest BCUT2D eigenvalue weighted by Gasteiger charge is 2.37. The Hall–Kier alpha value is -0.120. The highest BCUT2D eigenvalue weighted by Crippen LogP contribution is 2.35. The van der Waals surface area contributed by atoms with Crippen LogP contribution in [0.1, 0.15) is 64.2 Å². The predicted octanol–water partition coefficient (Wildman–Crippen LogP) is 2.76. The summed E-state index contributed by atoms with van der Waals surface area (Å²) in [7, 11) is 0. The van der Waals surface area contributed by atoms with Crippen LogP contribution in [0, 0.1) is 5.92 Å². The quantitative estimate of drug-likeness (QED) is 0.816. The second-order valence-electron chi connectivity index (χ2n) is 7.68. The minimum Gasteiger partial charge on any atom is -0.316 e. The molecule has 2 N–H and O–H groups in total. The smallest absolute Gasteiger partial charge is 0.0333 e. The van der Waals surface area contributed by atoms with Crippen molar-refractivity contribution in [3.63, 3.8) is 0 Å². The summed E-state index contributed by atoms with van der Waals surface area (Å²) in [4.78, 5) is 2.86. The van der Waals surface area contributed by atoms with Gasteiger partial charge in [0.05, 0.1) is 0 Å². The van der Waals surface area contributed by atoms with Crippen molar-refractivity contribution in [2.75, 3.05) is 39.3 Å². The lowest BCUT2D eigenvalue weighted by atomic mass is 9.79. The molecule has 1 aliphatic carbocycles. The van der Waals surface area contributed by atoms with Crippen molar-refractivity contribution < 1.29 is 0 Å². The van der Waals surface area contributed by atoms with Gasteiger partial charge in [-0.2, -0.15) is 0 Å². The van der Waals surface area contributed by atoms with Gasteiger partial charge >= 0.3 is 0 Å². The Balaban J connectivity index is 1.51. The molecule has 0 aromatic carbocycles. The third-order valence-corrected chi connectivity index (χ3v) is 6.10. The van der Waals surface area contributed by atoms with Crippen LogP contribution < -0.4 is 10.6 Å². The zero-order chi connectivity index (χ0) is 14.4. The van der Waals surface area contributed by atoms with E-state index in [0.29, 0.717) is 5.54 Å². The molecular formula is C18H35N3. The largest absolute Gasteiger partial charge is 0.316 e. The minimum atomic E-state index is 0.501. The van der Waals surface area contributed by atoms with Gasteiger partial charge in [0.15, 0.2) is 0 Å². The lowest BCUT2D eigenvalue weighted by Gasteiger charge is -2.48. The van der Waals surface area contributed by atoms with Crippen molar-refractivity contribution in [1.82, 2.24) is 15.5 Å². The van der Waals surface area contributed by atoms with E-state index in [0.717, 1.165) is 5.92 Å². The number of hydrogen-bond acceptors (Lipinski definition) is 3. The van der Waals surface area contributed by atoms with Gasteiger partial charge < -0.3 is 10.6 Å². The van der Waals surface area contributed by atoms with Crippen LogP contribution in [0.4, 0.5) is 0 Å². The van der Waals surface area contributed by atoms with E-state index in [4.69, 9.17) is 0 Å². The van der Waals surface area contributed by atoms with Gasteiger partial charge in [-0.25, -0.2) is 0 Å². The summed E-state index contributed by atoms with van der Waals surface area (Å²) in [5, 5.41) is 7.43. The number of rotatable bonds is 5. The van der Waals surface area contributed by atoms with Crippen molar-refractivity contribution in [2.24, 2.45) is 5.92 Å². The van der Waals surface area contributed by atoms with Crippen LogP contribution in [0.25, 0.3) is 0 Å². The van der Waals surface area contributed by atoms with Gasteiger partial charge in [-0.1, -0.05) is 25.7 Å². The molecule has 0 radical (unpaired) electrons. The molecular weight excluding hydrogens is 258 g/mol. The monoisotopic (exact) mass is 293 g/mol. The highest BCUT2D eigenvalue weighted by atomic mass is 15.2. The Kier molecular flexibility index (Phi) is 5.96. The van der Waals surface area contributed by atoms with E-state index in [-0.39, 0.29) is 0 Å². The first-order valence-electron chi connectivity index (χ1n) is 9.56. The Morgan fingerprint density at radius 2 is 1.71 bits per heavy atom. The summed E-state index contributed by atoms with van der Waals surface area (Å²) in [6.45, 7) is 7.63. The van der Waals surface area contributed by atoms with Crippen molar-refractivity contribution >= 4 is 0 Å². The maximum atomic E-state index is 3.88. The first-order chi connectivity index (χ1) is 10.4. The number of nitrogens with zero attached hydrogens (tertiary/aromatic N) is 1. The molecule has 122 valence electrons. The van der Waals surface area contributed by atoms with Crippen LogP contribution >= 0.6 is 0 Å². The molecule has 0 aromatic heterocycles. The SMILES string of the molecule is C1CCN(C2(CNCC3CCCNC3)CCCCC2)CC1. The average Bonchev–Trinajstić information content (AvgIpc) is 2.58. The standard InChI is InChI=1S/C18H35N3/c1-3-9-18(10-4-1,21-12-5-2-6-13-21)16-20-15-17-8-7-11-19-14-17/h17,19-20H,1-16H2. The van der Waals surface area contributed by atoms with E-state index >= 15 is 0 Å². The second kappa shape index (κ2) is 7.94. The summed E-state index contributed by atoms with van der Waals surface area (Å²) in [5.74, 6) is 0.862. The molecule has 2 aliphatic heterocycles. The normalized spacial score (nSPS) is 31.1. The minimum absolute atomic E-state index is 0.501. The molecule has 3 nitrogen and oxygen atoms in total. The molecule has 0 bridgehead atoms. The fourth-order valence-corrected chi connectivity index (χ4v) is 4.79. The Bertz CT molecular complexity index is 287. The number of piperidine rings is 2. The average molecular weight is 293 g/mol. The fraction of sp³-hybridized carbons (Fsp3) is 1.00. The first-order valence-corrected chi connectivity index (χ1v) is 9.56. The van der Waals surface area contributed by atoms with E-state index in [9.17, 15) is 0 Å². The molecule has 21 heavy (non-hydrogen) atoms. The molecule has 2 heterocycles. The molecule has 1 saturated carbocycles. The maximum Gasteiger partial charge on any atom is 0.0333 e. The lowest BCUT2D eigenvalue weighted by molar-refractivity contribution is 0.0327. The predicted molar refractivity (Wildman–Crippen MR) is 89.7 cm³/mol. The molecule has 3 fully saturated rings. The van der Waals surface area contributed by atoms with Gasteiger partial charge in [0.25, 0.3) is 0 Å². The summed E-state index contributed by atoms with van der Waals surface area (Å²) in [5.41, 5.74) is 0.501. The van der Waals surface area contributed by atoms with Crippen molar-refractivity contribution in [3.8, 4) is 0 Å². The molecule has 3 heteroatoms. The van der Waals surface area contributed by atoms with E-state index in [1.165, 1.54) is 103 Å². The summed E-state index contributed by atoms with van der Waals surface area (Å²) >= 11 is 0. The number of hydrogen-bond donors (Lipinski definition) is 2. The van der Waals surface area contributed by atoms with Gasteiger partial charge in [0.2, 0.25) is 0 Å². The number of nitrogens with one attached hydrogen (secondary N) is 2. The molecule has 3 rings (SSSR count). The van der Waals surface area contributed by atoms with Crippen LogP contribution in [0.3, 0.4) is 0 Å². The van der Waals surface area contributed by atoms with Crippen LogP contribution in [-0.2, 0) is 0 Å².